The molecule has 6 heteroatoms. The van der Waals surface area contributed by atoms with Gasteiger partial charge in [-0.1, -0.05) is 5.57 Å². The van der Waals surface area contributed by atoms with Crippen LogP contribution in [0.25, 0.3) is 0 Å². The number of hydrogen-bond donors (Lipinski definition) is 1. The van der Waals surface area contributed by atoms with Gasteiger partial charge in [-0.15, -0.1) is 0 Å². The van der Waals surface area contributed by atoms with E-state index in [2.05, 4.69) is 5.32 Å². The molecule has 0 saturated carbocycles. The Balaban J connectivity index is 2.20. The molecular weight excluding hydrogens is 317 g/mol. The zero-order valence-corrected chi connectivity index (χ0v) is 14.5. The summed E-state index contributed by atoms with van der Waals surface area (Å²) >= 11 is 0. The molecule has 0 atom stereocenters. The molecule has 23 heavy (non-hydrogen) atoms. The van der Waals surface area contributed by atoms with Crippen molar-refractivity contribution in [3.05, 3.63) is 41.4 Å². The van der Waals surface area contributed by atoms with E-state index in [1.165, 1.54) is 18.4 Å². The average Bonchev–Trinajstić information content (AvgIpc) is 2.52. The van der Waals surface area contributed by atoms with E-state index in [0.717, 1.165) is 29.8 Å². The minimum Gasteiger partial charge on any atom is -0.381 e. The quantitative estimate of drug-likeness (QED) is 0.862. The lowest BCUT2D eigenvalue weighted by Gasteiger charge is -2.28. The Kier molecular flexibility index (Phi) is 6.18. The third kappa shape index (κ3) is 5.95. The van der Waals surface area contributed by atoms with Gasteiger partial charge in [-0.05, 0) is 50.5 Å². The van der Waals surface area contributed by atoms with Crippen LogP contribution in [0.15, 0.2) is 35.5 Å². The molecule has 1 saturated heterocycles. The van der Waals surface area contributed by atoms with Crippen molar-refractivity contribution in [3.8, 4) is 0 Å². The first-order chi connectivity index (χ1) is 10.8. The third-order valence-corrected chi connectivity index (χ3v) is 5.01. The Bertz CT molecular complexity index is 647. The summed E-state index contributed by atoms with van der Waals surface area (Å²) in [5.74, 6) is 0.172. The van der Waals surface area contributed by atoms with Crippen molar-refractivity contribution >= 4 is 15.5 Å². The van der Waals surface area contributed by atoms with Crippen LogP contribution in [0.2, 0.25) is 0 Å². The fourth-order valence-corrected chi connectivity index (χ4v) is 3.38. The first-order valence-corrected chi connectivity index (χ1v) is 9.89. The van der Waals surface area contributed by atoms with Crippen LogP contribution >= 0.6 is 0 Å². The number of hydrogen-bond acceptors (Lipinski definition) is 4. The summed E-state index contributed by atoms with van der Waals surface area (Å²) in [4.78, 5) is 0. The van der Waals surface area contributed by atoms with Crippen molar-refractivity contribution in [2.24, 2.45) is 5.92 Å². The van der Waals surface area contributed by atoms with E-state index in [-0.39, 0.29) is 11.6 Å². The molecule has 0 spiro atoms. The van der Waals surface area contributed by atoms with Crippen LogP contribution in [-0.4, -0.2) is 33.6 Å². The predicted octanol–water partition coefficient (Wildman–Crippen LogP) is 3.37. The van der Waals surface area contributed by atoms with Gasteiger partial charge in [0.25, 0.3) is 0 Å². The summed E-state index contributed by atoms with van der Waals surface area (Å²) in [6, 6.07) is 6.21. The second kappa shape index (κ2) is 7.93. The summed E-state index contributed by atoms with van der Waals surface area (Å²) < 4.78 is 41.3. The summed E-state index contributed by atoms with van der Waals surface area (Å²) in [5.41, 5.74) is 2.89. The number of rotatable bonds is 6. The fraction of sp³-hybridized carbons (Fsp3) is 0.529. The highest BCUT2D eigenvalue weighted by molar-refractivity contribution is 7.90. The van der Waals surface area contributed by atoms with E-state index in [0.29, 0.717) is 25.6 Å². The molecule has 128 valence electrons. The van der Waals surface area contributed by atoms with Gasteiger partial charge in [-0.3, -0.25) is 0 Å². The molecule has 0 radical (unpaired) electrons. The molecule has 0 aliphatic carbocycles. The van der Waals surface area contributed by atoms with Crippen LogP contribution in [0.3, 0.4) is 0 Å². The van der Waals surface area contributed by atoms with Crippen molar-refractivity contribution in [2.45, 2.75) is 26.2 Å². The Morgan fingerprint density at radius 2 is 1.87 bits per heavy atom. The highest BCUT2D eigenvalue weighted by Crippen LogP contribution is 2.28. The van der Waals surface area contributed by atoms with Crippen LogP contribution in [0, 0.1) is 11.7 Å². The van der Waals surface area contributed by atoms with Gasteiger partial charge in [0.15, 0.2) is 0 Å². The van der Waals surface area contributed by atoms with Gasteiger partial charge in [0.05, 0.1) is 5.75 Å². The Hall–Kier alpha value is -1.40. The summed E-state index contributed by atoms with van der Waals surface area (Å²) in [6.07, 6.45) is 3.56. The van der Waals surface area contributed by atoms with Crippen molar-refractivity contribution in [2.75, 3.05) is 30.5 Å². The van der Waals surface area contributed by atoms with Gasteiger partial charge >= 0.3 is 0 Å². The molecule has 4 nitrogen and oxygen atoms in total. The van der Waals surface area contributed by atoms with Crippen LogP contribution < -0.4 is 5.32 Å². The number of benzene rings is 1. The molecule has 1 aliphatic heterocycles. The molecule has 0 bridgehead atoms. The Morgan fingerprint density at radius 3 is 2.43 bits per heavy atom. The lowest BCUT2D eigenvalue weighted by molar-refractivity contribution is 0.0757. The normalized spacial score (nSPS) is 17.7. The van der Waals surface area contributed by atoms with E-state index in [1.807, 2.05) is 6.92 Å². The van der Waals surface area contributed by atoms with Crippen molar-refractivity contribution in [1.29, 1.82) is 0 Å². The maximum absolute atomic E-state index is 13.1. The lowest BCUT2D eigenvalue weighted by atomic mass is 9.92. The van der Waals surface area contributed by atoms with Crippen molar-refractivity contribution in [3.63, 3.8) is 0 Å². The molecule has 0 unspecified atom stereocenters. The first-order valence-electron chi connectivity index (χ1n) is 7.83. The predicted molar refractivity (Wildman–Crippen MR) is 90.6 cm³/mol. The van der Waals surface area contributed by atoms with Crippen LogP contribution in [0.1, 0.15) is 26.2 Å². The first kappa shape index (κ1) is 17.9. The summed E-state index contributed by atoms with van der Waals surface area (Å²) in [6.45, 7) is 3.38. The molecular formula is C17H24FNO3S. The van der Waals surface area contributed by atoms with Gasteiger partial charge in [-0.25, -0.2) is 12.8 Å². The smallest absolute Gasteiger partial charge is 0.147 e. The third-order valence-electron chi connectivity index (χ3n) is 4.06. The maximum atomic E-state index is 13.1. The van der Waals surface area contributed by atoms with E-state index in [1.54, 1.807) is 12.1 Å². The number of anilines is 1. The molecule has 0 aromatic heterocycles. The van der Waals surface area contributed by atoms with Gasteiger partial charge in [0.1, 0.15) is 15.7 Å². The standard InChI is InChI=1S/C17H24FNO3S/c1-13(9-12-23(2,20)21)17(14-7-10-22-11-8-14)19-16-5-3-15(18)4-6-16/h3-6,14,19H,7-12H2,1-2H3/b17-13+. The van der Waals surface area contributed by atoms with Gasteiger partial charge in [0.2, 0.25) is 0 Å². The number of sulfone groups is 1. The molecule has 1 fully saturated rings. The molecule has 1 heterocycles. The van der Waals surface area contributed by atoms with Crippen LogP contribution in [0.5, 0.6) is 0 Å². The van der Waals surface area contributed by atoms with Crippen LogP contribution in [0.4, 0.5) is 10.1 Å². The van der Waals surface area contributed by atoms with Crippen molar-refractivity contribution < 1.29 is 17.5 Å². The summed E-state index contributed by atoms with van der Waals surface area (Å²) in [5, 5.41) is 3.37. The molecule has 1 aliphatic rings. The van der Waals surface area contributed by atoms with Gasteiger partial charge in [-0.2, -0.15) is 0 Å². The minimum atomic E-state index is -3.00. The number of allylic oxidation sites excluding steroid dienone is 2. The van der Waals surface area contributed by atoms with Gasteiger partial charge < -0.3 is 10.1 Å². The van der Waals surface area contributed by atoms with Crippen molar-refractivity contribution in [1.82, 2.24) is 0 Å². The molecule has 1 N–H and O–H groups in total. The second-order valence-corrected chi connectivity index (χ2v) is 8.35. The van der Waals surface area contributed by atoms with E-state index >= 15 is 0 Å². The number of ether oxygens (including phenoxy) is 1. The lowest BCUT2D eigenvalue weighted by Crippen LogP contribution is -2.22. The maximum Gasteiger partial charge on any atom is 0.147 e. The van der Waals surface area contributed by atoms with Gasteiger partial charge in [0, 0.05) is 36.8 Å². The largest absolute Gasteiger partial charge is 0.381 e. The van der Waals surface area contributed by atoms with E-state index in [4.69, 9.17) is 4.74 Å². The molecule has 1 aromatic carbocycles. The number of halogens is 1. The molecule has 2 rings (SSSR count). The Labute approximate surface area is 137 Å². The van der Waals surface area contributed by atoms with E-state index in [9.17, 15) is 12.8 Å². The highest BCUT2D eigenvalue weighted by atomic mass is 32.2. The second-order valence-electron chi connectivity index (χ2n) is 6.09. The monoisotopic (exact) mass is 341 g/mol. The summed E-state index contributed by atoms with van der Waals surface area (Å²) in [7, 11) is -3.00. The zero-order valence-electron chi connectivity index (χ0n) is 13.6. The number of nitrogens with one attached hydrogen (secondary N) is 1. The average molecular weight is 341 g/mol. The minimum absolute atomic E-state index is 0.136. The van der Waals surface area contributed by atoms with Crippen LogP contribution in [-0.2, 0) is 14.6 Å². The SMILES string of the molecule is C/C(CCS(C)(=O)=O)=C(\Nc1ccc(F)cc1)C1CCOCC1. The molecule has 1 aromatic rings. The fourth-order valence-electron chi connectivity index (χ4n) is 2.71. The van der Waals surface area contributed by atoms with E-state index < -0.39 is 9.84 Å². The Morgan fingerprint density at radius 1 is 1.26 bits per heavy atom. The molecule has 0 amide bonds. The zero-order chi connectivity index (χ0) is 16.9. The topological polar surface area (TPSA) is 55.4 Å². The highest BCUT2D eigenvalue weighted by Gasteiger charge is 2.21.